The third-order valence-corrected chi connectivity index (χ3v) is 8.03. The van der Waals surface area contributed by atoms with Gasteiger partial charge in [0.1, 0.15) is 5.69 Å². The van der Waals surface area contributed by atoms with E-state index in [1.54, 1.807) is 12.1 Å². The first kappa shape index (κ1) is 24.7. The first-order chi connectivity index (χ1) is 18.5. The number of hydrogen-bond acceptors (Lipinski definition) is 4. The Kier molecular flexibility index (Phi) is 6.67. The monoisotopic (exact) mass is 541 g/mol. The van der Waals surface area contributed by atoms with Crippen molar-refractivity contribution in [1.82, 2.24) is 19.4 Å². The van der Waals surface area contributed by atoms with Crippen LogP contribution in [0.4, 0.5) is 0 Å². The predicted octanol–water partition coefficient (Wildman–Crippen LogP) is 6.24. The maximum Gasteiger partial charge on any atom is 0.277 e. The highest BCUT2D eigenvalue weighted by atomic mass is 35.5. The van der Waals surface area contributed by atoms with E-state index >= 15 is 0 Å². The predicted molar refractivity (Wildman–Crippen MR) is 153 cm³/mol. The van der Waals surface area contributed by atoms with Gasteiger partial charge in [-0.3, -0.25) is 4.79 Å². The third-order valence-electron chi connectivity index (χ3n) is 7.31. The van der Waals surface area contributed by atoms with E-state index in [9.17, 15) is 4.79 Å². The average molecular weight is 542 g/mol. The van der Waals surface area contributed by atoms with Crippen LogP contribution < -0.4 is 10.9 Å². The number of fused-ring (bicyclic) bond motifs is 2. The quantitative estimate of drug-likeness (QED) is 0.285. The number of nitriles is 1. The lowest BCUT2D eigenvalue weighted by Gasteiger charge is -2.24. The normalized spacial score (nSPS) is 15.7. The van der Waals surface area contributed by atoms with Crippen molar-refractivity contribution >= 4 is 45.1 Å². The number of halogens is 2. The second-order valence-corrected chi connectivity index (χ2v) is 10.7. The zero-order valence-corrected chi connectivity index (χ0v) is 22.1. The van der Waals surface area contributed by atoms with Crippen molar-refractivity contribution < 1.29 is 0 Å². The number of nitrogens with zero attached hydrogens (tertiary/aromatic N) is 4. The van der Waals surface area contributed by atoms with Crippen LogP contribution >= 0.6 is 23.2 Å². The van der Waals surface area contributed by atoms with E-state index < -0.39 is 0 Å². The lowest BCUT2D eigenvalue weighted by molar-refractivity contribution is 0.337. The maximum absolute atomic E-state index is 14.1. The Morgan fingerprint density at radius 1 is 1.05 bits per heavy atom. The molecule has 1 N–H and O–H groups in total. The molecule has 6 nitrogen and oxygen atoms in total. The Hall–Kier alpha value is -3.63. The molecular weight excluding hydrogens is 517 g/mol. The van der Waals surface area contributed by atoms with Gasteiger partial charge in [0, 0.05) is 35.8 Å². The van der Waals surface area contributed by atoms with Crippen molar-refractivity contribution in [3.63, 3.8) is 0 Å². The zero-order chi connectivity index (χ0) is 26.2. The Morgan fingerprint density at radius 2 is 1.84 bits per heavy atom. The van der Waals surface area contributed by atoms with E-state index in [1.807, 2.05) is 59.3 Å². The smallest absolute Gasteiger partial charge is 0.277 e. The fourth-order valence-electron chi connectivity index (χ4n) is 5.38. The van der Waals surface area contributed by atoms with Crippen molar-refractivity contribution in [2.45, 2.75) is 25.9 Å². The third kappa shape index (κ3) is 4.58. The van der Waals surface area contributed by atoms with Crippen molar-refractivity contribution in [2.24, 2.45) is 5.92 Å². The molecule has 0 radical (unpaired) electrons. The summed E-state index contributed by atoms with van der Waals surface area (Å²) in [5, 5.41) is 14.4. The number of para-hydroxylation sites is 1. The molecule has 5 aromatic rings. The minimum atomic E-state index is -0.136. The standard InChI is InChI=1S/C30H25Cl2N5O/c31-24-12-26-28(13-25(24)32)37(17-21-4-3-11-34-15-21)30(38)29(35-26)23-18-36(27-6-2-1-5-22(23)27)16-20-9-7-19(14-33)8-10-20/h1-2,5-10,12-13,18,21,34H,3-4,11,15-17H2. The van der Waals surface area contributed by atoms with Gasteiger partial charge in [0.15, 0.2) is 0 Å². The number of hydrogen-bond donors (Lipinski definition) is 1. The van der Waals surface area contributed by atoms with Crippen LogP contribution in [0.5, 0.6) is 0 Å². The van der Waals surface area contributed by atoms with Crippen molar-refractivity contribution in [1.29, 1.82) is 5.26 Å². The summed E-state index contributed by atoms with van der Waals surface area (Å²) < 4.78 is 3.95. The molecule has 1 atom stereocenters. The van der Waals surface area contributed by atoms with Crippen molar-refractivity contribution in [3.05, 3.63) is 98.4 Å². The molecule has 1 aliphatic rings. The molecule has 0 bridgehead atoms. The summed E-state index contributed by atoms with van der Waals surface area (Å²) >= 11 is 12.8. The molecule has 3 heterocycles. The Balaban J connectivity index is 1.52. The molecule has 1 aliphatic heterocycles. The van der Waals surface area contributed by atoms with Crippen molar-refractivity contribution in [2.75, 3.05) is 13.1 Å². The Labute approximate surface area is 230 Å². The summed E-state index contributed by atoms with van der Waals surface area (Å²) in [6.07, 6.45) is 4.15. The molecule has 1 unspecified atom stereocenters. The van der Waals surface area contributed by atoms with E-state index in [0.29, 0.717) is 51.3 Å². The van der Waals surface area contributed by atoms with Gasteiger partial charge in [-0.25, -0.2) is 4.98 Å². The minimum absolute atomic E-state index is 0.136. The van der Waals surface area contributed by atoms with Crippen LogP contribution in [0.1, 0.15) is 24.0 Å². The van der Waals surface area contributed by atoms with Crippen LogP contribution in [0.2, 0.25) is 10.0 Å². The topological polar surface area (TPSA) is 75.6 Å². The average Bonchev–Trinajstić information content (AvgIpc) is 3.30. The number of nitrogens with one attached hydrogen (secondary N) is 1. The van der Waals surface area contributed by atoms with Crippen LogP contribution in [0.3, 0.4) is 0 Å². The number of benzene rings is 3. The molecular formula is C30H25Cl2N5O. The van der Waals surface area contributed by atoms with Crippen LogP contribution in [0.15, 0.2) is 71.7 Å². The van der Waals surface area contributed by atoms with Crippen LogP contribution in [0, 0.1) is 17.2 Å². The summed E-state index contributed by atoms with van der Waals surface area (Å²) in [7, 11) is 0. The summed E-state index contributed by atoms with van der Waals surface area (Å²) in [5.74, 6) is 0.340. The summed E-state index contributed by atoms with van der Waals surface area (Å²) in [6, 6.07) is 21.2. The molecule has 0 saturated carbocycles. The van der Waals surface area contributed by atoms with E-state index in [1.165, 1.54) is 0 Å². The number of piperidine rings is 1. The molecule has 190 valence electrons. The molecule has 1 saturated heterocycles. The fraction of sp³-hybridized carbons (Fsp3) is 0.233. The highest BCUT2D eigenvalue weighted by Crippen LogP contribution is 2.32. The summed E-state index contributed by atoms with van der Waals surface area (Å²) in [5.41, 5.74) is 5.07. The van der Waals surface area contributed by atoms with E-state index in [2.05, 4.69) is 16.0 Å². The van der Waals surface area contributed by atoms with Gasteiger partial charge in [-0.2, -0.15) is 5.26 Å². The molecule has 38 heavy (non-hydrogen) atoms. The molecule has 0 amide bonds. The zero-order valence-electron chi connectivity index (χ0n) is 20.6. The number of aromatic nitrogens is 3. The molecule has 0 spiro atoms. The Morgan fingerprint density at radius 3 is 2.61 bits per heavy atom. The molecule has 1 fully saturated rings. The maximum atomic E-state index is 14.1. The second-order valence-electron chi connectivity index (χ2n) is 9.84. The largest absolute Gasteiger partial charge is 0.342 e. The summed E-state index contributed by atoms with van der Waals surface area (Å²) in [4.78, 5) is 19.0. The minimum Gasteiger partial charge on any atom is -0.342 e. The highest BCUT2D eigenvalue weighted by molar-refractivity contribution is 6.42. The molecule has 2 aromatic heterocycles. The van der Waals surface area contributed by atoms with Crippen molar-refractivity contribution in [3.8, 4) is 17.3 Å². The van der Waals surface area contributed by atoms with Crippen LogP contribution in [-0.2, 0) is 13.1 Å². The van der Waals surface area contributed by atoms with Gasteiger partial charge in [-0.05, 0) is 67.7 Å². The molecule has 0 aliphatic carbocycles. The molecule has 8 heteroatoms. The highest BCUT2D eigenvalue weighted by Gasteiger charge is 2.22. The number of rotatable bonds is 5. The first-order valence-electron chi connectivity index (χ1n) is 12.7. The second kappa shape index (κ2) is 10.3. The molecule has 6 rings (SSSR count). The van der Waals surface area contributed by atoms with Gasteiger partial charge in [-0.1, -0.05) is 53.5 Å². The molecule has 3 aromatic carbocycles. The first-order valence-corrected chi connectivity index (χ1v) is 13.4. The van der Waals surface area contributed by atoms with Gasteiger partial charge in [0.2, 0.25) is 0 Å². The van der Waals surface area contributed by atoms with Gasteiger partial charge in [0.25, 0.3) is 5.56 Å². The van der Waals surface area contributed by atoms with E-state index in [0.717, 1.165) is 48.0 Å². The SMILES string of the molecule is N#Cc1ccc(Cn2cc(-c3nc4cc(Cl)c(Cl)cc4n(CC4CCCNC4)c3=O)c3ccccc32)cc1. The summed E-state index contributed by atoms with van der Waals surface area (Å²) in [6.45, 7) is 3.06. The van der Waals surface area contributed by atoms with Gasteiger partial charge < -0.3 is 14.5 Å². The van der Waals surface area contributed by atoms with E-state index in [4.69, 9.17) is 33.4 Å². The van der Waals surface area contributed by atoms with Crippen LogP contribution in [-0.4, -0.2) is 27.2 Å². The van der Waals surface area contributed by atoms with E-state index in [-0.39, 0.29) is 5.56 Å². The Bertz CT molecular complexity index is 1760. The lowest BCUT2D eigenvalue weighted by Crippen LogP contribution is -2.35. The fourth-order valence-corrected chi connectivity index (χ4v) is 5.70. The lowest BCUT2D eigenvalue weighted by atomic mass is 9.99. The van der Waals surface area contributed by atoms with Gasteiger partial charge >= 0.3 is 0 Å². The van der Waals surface area contributed by atoms with Crippen LogP contribution in [0.25, 0.3) is 33.2 Å². The van der Waals surface area contributed by atoms with Gasteiger partial charge in [-0.15, -0.1) is 0 Å². The van der Waals surface area contributed by atoms with Gasteiger partial charge in [0.05, 0.1) is 32.7 Å².